The Morgan fingerprint density at radius 2 is 2.11 bits per heavy atom. The number of carbonyl (C=O) groups is 2. The zero-order chi connectivity index (χ0) is 21.0. The number of Topliss-reactive ketones (excluding diaryl/α,β-unsaturated/α-hetero) is 1. The van der Waals surface area contributed by atoms with Gasteiger partial charge in [0.15, 0.2) is 0 Å². The van der Waals surface area contributed by atoms with E-state index in [0.29, 0.717) is 38.5 Å². The third-order valence-electron chi connectivity index (χ3n) is 5.56. The van der Waals surface area contributed by atoms with Crippen LogP contribution in [0.3, 0.4) is 0 Å². The summed E-state index contributed by atoms with van der Waals surface area (Å²) in [6, 6.07) is 0. The van der Waals surface area contributed by atoms with E-state index >= 15 is 0 Å². The van der Waals surface area contributed by atoms with Crippen LogP contribution in [0.25, 0.3) is 0 Å². The average molecular weight is 393 g/mol. The van der Waals surface area contributed by atoms with Gasteiger partial charge in [0.1, 0.15) is 5.78 Å². The second-order valence-corrected chi connectivity index (χ2v) is 7.95. The molecule has 0 bridgehead atoms. The first-order valence-electron chi connectivity index (χ1n) is 10.3. The van der Waals surface area contributed by atoms with Crippen molar-refractivity contribution in [2.24, 2.45) is 11.3 Å². The van der Waals surface area contributed by atoms with E-state index in [4.69, 9.17) is 9.84 Å². The molecule has 1 unspecified atom stereocenters. The predicted molar refractivity (Wildman–Crippen MR) is 110 cm³/mol. The molecule has 0 aromatic rings. The molecule has 0 amide bonds. The molecule has 0 heterocycles. The Morgan fingerprint density at radius 1 is 1.36 bits per heavy atom. The number of carbonyl (C=O) groups excluding carboxylic acids is 2. The normalized spacial score (nSPS) is 21.0. The summed E-state index contributed by atoms with van der Waals surface area (Å²) in [6.45, 7) is 3.79. The fourth-order valence-electron chi connectivity index (χ4n) is 3.95. The molecule has 0 aliphatic heterocycles. The molecule has 1 rings (SSSR count). The molecule has 1 aliphatic carbocycles. The van der Waals surface area contributed by atoms with Gasteiger partial charge in [0, 0.05) is 12.3 Å². The zero-order valence-corrected chi connectivity index (χ0v) is 17.6. The monoisotopic (exact) mass is 392 g/mol. The number of unbranched alkanes of at least 4 members (excludes halogenated alkanes) is 1. The Balaban J connectivity index is 3.12. The number of hydrogen-bond donors (Lipinski definition) is 2. The number of aliphatic hydroxyl groups excluding tert-OH is 1. The Hall–Kier alpha value is -1.68. The molecule has 0 saturated heterocycles. The molecule has 5 nitrogen and oxygen atoms in total. The maximum atomic E-state index is 12.8. The van der Waals surface area contributed by atoms with Gasteiger partial charge >= 0.3 is 5.97 Å². The Bertz CT molecular complexity index is 598. The van der Waals surface area contributed by atoms with E-state index in [2.05, 4.69) is 12.7 Å². The van der Waals surface area contributed by atoms with Gasteiger partial charge in [-0.25, -0.2) is 0 Å². The summed E-state index contributed by atoms with van der Waals surface area (Å²) >= 11 is 0. The fraction of sp³-hybridized carbons (Fsp3) is 0.696. The highest BCUT2D eigenvalue weighted by Gasteiger charge is 2.48. The number of esters is 1. The highest BCUT2D eigenvalue weighted by molar-refractivity contribution is 5.91. The van der Waals surface area contributed by atoms with Crippen molar-refractivity contribution in [2.75, 3.05) is 13.7 Å². The lowest BCUT2D eigenvalue weighted by Gasteiger charge is -2.33. The number of rotatable bonds is 12. The van der Waals surface area contributed by atoms with Crippen molar-refractivity contribution >= 4 is 11.8 Å². The molecule has 28 heavy (non-hydrogen) atoms. The second-order valence-electron chi connectivity index (χ2n) is 7.95. The van der Waals surface area contributed by atoms with E-state index in [1.165, 1.54) is 13.2 Å². The standard InChI is InChI=1S/C23H36O5/c1-4-5-14-22(2,27)15-11-17-23(21(26)28-3,16-8-6-7-9-18-24)19-12-10-13-20(19)25/h6,9,11,17,19,24,27H,4-5,8,10,12-16,18H2,1-3H3/b17-11+/t7?,19-,22?,23-/m0/s1. The van der Waals surface area contributed by atoms with Gasteiger partial charge in [-0.1, -0.05) is 31.9 Å². The van der Waals surface area contributed by atoms with Crippen LogP contribution in [0, 0.1) is 11.3 Å². The van der Waals surface area contributed by atoms with E-state index in [-0.39, 0.29) is 12.4 Å². The minimum atomic E-state index is -1.03. The van der Waals surface area contributed by atoms with Gasteiger partial charge < -0.3 is 14.9 Å². The van der Waals surface area contributed by atoms with Gasteiger partial charge in [0.05, 0.1) is 24.7 Å². The smallest absolute Gasteiger partial charge is 0.316 e. The highest BCUT2D eigenvalue weighted by Crippen LogP contribution is 2.44. The number of ether oxygens (including phenoxy) is 1. The highest BCUT2D eigenvalue weighted by atomic mass is 16.5. The summed E-state index contributed by atoms with van der Waals surface area (Å²) in [6.07, 6.45) is 12.9. The Labute approximate surface area is 169 Å². The van der Waals surface area contributed by atoms with Crippen LogP contribution >= 0.6 is 0 Å². The minimum absolute atomic E-state index is 0.0908. The number of aliphatic hydroxyl groups is 2. The third kappa shape index (κ3) is 7.05. The molecule has 1 fully saturated rings. The largest absolute Gasteiger partial charge is 0.468 e. The van der Waals surface area contributed by atoms with Gasteiger partial charge in [-0.3, -0.25) is 9.59 Å². The van der Waals surface area contributed by atoms with Crippen LogP contribution in [0.15, 0.2) is 30.0 Å². The molecule has 158 valence electrons. The molecular weight excluding hydrogens is 356 g/mol. The lowest BCUT2D eigenvalue weighted by molar-refractivity contribution is -0.155. The lowest BCUT2D eigenvalue weighted by Crippen LogP contribution is -2.40. The first-order chi connectivity index (χ1) is 13.3. The maximum Gasteiger partial charge on any atom is 0.316 e. The second kappa shape index (κ2) is 12.0. The summed E-state index contributed by atoms with van der Waals surface area (Å²) in [7, 11) is 1.35. The first kappa shape index (κ1) is 24.4. The van der Waals surface area contributed by atoms with Crippen LogP contribution in [-0.2, 0) is 14.3 Å². The zero-order valence-electron chi connectivity index (χ0n) is 17.6. The lowest BCUT2D eigenvalue weighted by atomic mass is 9.70. The van der Waals surface area contributed by atoms with E-state index in [1.54, 1.807) is 19.1 Å². The summed E-state index contributed by atoms with van der Waals surface area (Å²) in [5.74, 6) is -0.702. The minimum Gasteiger partial charge on any atom is -0.468 e. The van der Waals surface area contributed by atoms with Gasteiger partial charge in [-0.05, 0) is 57.6 Å². The molecule has 2 N–H and O–H groups in total. The van der Waals surface area contributed by atoms with Gasteiger partial charge in [0.25, 0.3) is 0 Å². The number of hydrogen-bond acceptors (Lipinski definition) is 5. The molecule has 0 radical (unpaired) electrons. The molecule has 5 heteroatoms. The maximum absolute atomic E-state index is 12.8. The average Bonchev–Trinajstić information content (AvgIpc) is 3.10. The van der Waals surface area contributed by atoms with Crippen molar-refractivity contribution < 1.29 is 24.5 Å². The molecule has 3 atom stereocenters. The molecule has 1 saturated carbocycles. The molecule has 0 aromatic carbocycles. The van der Waals surface area contributed by atoms with Crippen LogP contribution in [0.1, 0.15) is 71.6 Å². The summed E-state index contributed by atoms with van der Waals surface area (Å²) in [4.78, 5) is 25.4. The van der Waals surface area contributed by atoms with Gasteiger partial charge in [-0.15, -0.1) is 5.73 Å². The Kier molecular flexibility index (Phi) is 10.4. The Morgan fingerprint density at radius 3 is 2.68 bits per heavy atom. The third-order valence-corrected chi connectivity index (χ3v) is 5.56. The first-order valence-corrected chi connectivity index (χ1v) is 10.3. The summed E-state index contributed by atoms with van der Waals surface area (Å²) < 4.78 is 5.12. The van der Waals surface area contributed by atoms with Crippen LogP contribution in [-0.4, -0.2) is 41.3 Å². The van der Waals surface area contributed by atoms with Crippen molar-refractivity contribution in [3.63, 3.8) is 0 Å². The van der Waals surface area contributed by atoms with Crippen LogP contribution in [0.4, 0.5) is 0 Å². The van der Waals surface area contributed by atoms with Crippen molar-refractivity contribution in [3.05, 3.63) is 30.0 Å². The van der Waals surface area contributed by atoms with Gasteiger partial charge in [-0.2, -0.15) is 0 Å². The van der Waals surface area contributed by atoms with Crippen molar-refractivity contribution in [3.8, 4) is 0 Å². The van der Waals surface area contributed by atoms with Crippen molar-refractivity contribution in [2.45, 2.75) is 77.2 Å². The van der Waals surface area contributed by atoms with Crippen molar-refractivity contribution in [1.82, 2.24) is 0 Å². The fourth-order valence-corrected chi connectivity index (χ4v) is 3.95. The quantitative estimate of drug-likeness (QED) is 0.299. The molecule has 0 aromatic heterocycles. The van der Waals surface area contributed by atoms with Crippen molar-refractivity contribution in [1.29, 1.82) is 0 Å². The molecule has 1 aliphatic rings. The van der Waals surface area contributed by atoms with Crippen LogP contribution in [0.2, 0.25) is 0 Å². The van der Waals surface area contributed by atoms with E-state index in [1.807, 2.05) is 6.08 Å². The predicted octanol–water partition coefficient (Wildman–Crippen LogP) is 3.89. The van der Waals surface area contributed by atoms with E-state index < -0.39 is 22.9 Å². The number of methoxy groups -OCH3 is 1. The summed E-state index contributed by atoms with van der Waals surface area (Å²) in [5, 5.41) is 19.4. The number of ketones is 1. The van der Waals surface area contributed by atoms with Crippen LogP contribution in [0.5, 0.6) is 0 Å². The SMILES string of the molecule is CCCCC(C)(O)C/C=C/[C@](CCC=C=CCO)(C(=O)OC)[C@H]1CCCC1=O. The van der Waals surface area contributed by atoms with E-state index in [0.717, 1.165) is 19.3 Å². The van der Waals surface area contributed by atoms with E-state index in [9.17, 15) is 14.7 Å². The molecular formula is C23H36O5. The molecule has 0 spiro atoms. The topological polar surface area (TPSA) is 83.8 Å². The van der Waals surface area contributed by atoms with Crippen LogP contribution < -0.4 is 0 Å². The summed E-state index contributed by atoms with van der Waals surface area (Å²) in [5.41, 5.74) is 1.01. The van der Waals surface area contributed by atoms with Gasteiger partial charge in [0.2, 0.25) is 0 Å².